The minimum Gasteiger partial charge on any atom is -0.353 e. The first-order valence-corrected chi connectivity index (χ1v) is 8.00. The fourth-order valence-corrected chi connectivity index (χ4v) is 3.15. The monoisotopic (exact) mass is 281 g/mol. The van der Waals surface area contributed by atoms with Gasteiger partial charge >= 0.3 is 6.03 Å². The van der Waals surface area contributed by atoms with Crippen LogP contribution >= 0.6 is 0 Å². The fourth-order valence-electron chi connectivity index (χ4n) is 3.15. The number of nitrogens with zero attached hydrogens (tertiary/aromatic N) is 1. The van der Waals surface area contributed by atoms with Gasteiger partial charge in [-0.05, 0) is 39.0 Å². The van der Waals surface area contributed by atoms with Crippen LogP contribution < -0.4 is 10.6 Å². The van der Waals surface area contributed by atoms with Gasteiger partial charge in [0.15, 0.2) is 0 Å². The maximum absolute atomic E-state index is 12.0. The third kappa shape index (κ3) is 4.39. The summed E-state index contributed by atoms with van der Waals surface area (Å²) in [6.45, 7) is 3.35. The van der Waals surface area contributed by atoms with Crippen molar-refractivity contribution in [2.24, 2.45) is 0 Å². The van der Waals surface area contributed by atoms with Gasteiger partial charge in [-0.2, -0.15) is 0 Å². The molecule has 5 nitrogen and oxygen atoms in total. The van der Waals surface area contributed by atoms with Gasteiger partial charge in [-0.25, -0.2) is 4.79 Å². The molecule has 0 bridgehead atoms. The van der Waals surface area contributed by atoms with Crippen LogP contribution in [0.4, 0.5) is 4.79 Å². The second-order valence-electron chi connectivity index (χ2n) is 6.07. The molecule has 1 unspecified atom stereocenters. The molecule has 2 aliphatic rings. The van der Waals surface area contributed by atoms with Gasteiger partial charge in [-0.15, -0.1) is 0 Å². The molecular weight excluding hydrogens is 254 g/mol. The summed E-state index contributed by atoms with van der Waals surface area (Å²) in [7, 11) is 0. The minimum absolute atomic E-state index is 0.0223. The molecule has 0 aromatic rings. The lowest BCUT2D eigenvalue weighted by molar-refractivity contribution is -0.121. The highest BCUT2D eigenvalue weighted by Crippen LogP contribution is 2.17. The Morgan fingerprint density at radius 2 is 1.80 bits per heavy atom. The van der Waals surface area contributed by atoms with Crippen molar-refractivity contribution < 1.29 is 9.59 Å². The second-order valence-corrected chi connectivity index (χ2v) is 6.07. The molecule has 1 heterocycles. The zero-order chi connectivity index (χ0) is 14.4. The third-order valence-electron chi connectivity index (χ3n) is 4.41. The fraction of sp³-hybridized carbons (Fsp3) is 0.867. The van der Waals surface area contributed by atoms with Gasteiger partial charge < -0.3 is 15.5 Å². The summed E-state index contributed by atoms with van der Waals surface area (Å²) < 4.78 is 0. The maximum atomic E-state index is 12.0. The molecule has 1 aliphatic carbocycles. The Kier molecular flexibility index (Phi) is 5.68. The summed E-state index contributed by atoms with van der Waals surface area (Å²) in [6.07, 6.45) is 8.38. The van der Waals surface area contributed by atoms with Crippen molar-refractivity contribution in [3.05, 3.63) is 0 Å². The summed E-state index contributed by atoms with van der Waals surface area (Å²) in [5.74, 6) is 0.0592. The number of hydrogen-bond acceptors (Lipinski definition) is 2. The maximum Gasteiger partial charge on any atom is 0.317 e. The Hall–Kier alpha value is -1.26. The molecule has 20 heavy (non-hydrogen) atoms. The van der Waals surface area contributed by atoms with Crippen molar-refractivity contribution in [2.45, 2.75) is 70.4 Å². The number of hydrogen-bond donors (Lipinski definition) is 2. The van der Waals surface area contributed by atoms with Crippen LogP contribution in [-0.2, 0) is 4.79 Å². The Morgan fingerprint density at radius 3 is 2.50 bits per heavy atom. The van der Waals surface area contributed by atoms with Gasteiger partial charge in [-0.1, -0.05) is 12.8 Å². The Labute approximate surface area is 121 Å². The van der Waals surface area contributed by atoms with Gasteiger partial charge in [0.1, 0.15) is 0 Å². The standard InChI is InChI=1S/C15H27N3O2/c1-12-6-4-5-11-18(12)15(20)16-10-9-14(19)17-13-7-2-3-8-13/h12-13H,2-11H2,1H3,(H,16,20)(H,17,19). The molecule has 0 aromatic carbocycles. The number of urea groups is 1. The molecular formula is C15H27N3O2. The molecule has 1 aliphatic heterocycles. The quantitative estimate of drug-likeness (QED) is 0.828. The average molecular weight is 281 g/mol. The second kappa shape index (κ2) is 7.50. The van der Waals surface area contributed by atoms with Crippen LogP contribution in [0.2, 0.25) is 0 Å². The van der Waals surface area contributed by atoms with E-state index < -0.39 is 0 Å². The van der Waals surface area contributed by atoms with Crippen LogP contribution in [0.3, 0.4) is 0 Å². The number of carbonyl (C=O) groups is 2. The van der Waals surface area contributed by atoms with Crippen molar-refractivity contribution in [3.63, 3.8) is 0 Å². The first-order valence-electron chi connectivity index (χ1n) is 8.00. The smallest absolute Gasteiger partial charge is 0.317 e. The molecule has 2 fully saturated rings. The van der Waals surface area contributed by atoms with Crippen molar-refractivity contribution in [3.8, 4) is 0 Å². The Balaban J connectivity index is 1.61. The van der Waals surface area contributed by atoms with E-state index in [9.17, 15) is 9.59 Å². The van der Waals surface area contributed by atoms with Crippen molar-refractivity contribution in [1.29, 1.82) is 0 Å². The third-order valence-corrected chi connectivity index (χ3v) is 4.41. The lowest BCUT2D eigenvalue weighted by Crippen LogP contribution is -2.48. The predicted octanol–water partition coefficient (Wildman–Crippen LogP) is 2.02. The first-order chi connectivity index (χ1) is 9.66. The molecule has 0 spiro atoms. The summed E-state index contributed by atoms with van der Waals surface area (Å²) in [5.41, 5.74) is 0. The summed E-state index contributed by atoms with van der Waals surface area (Å²) in [5, 5.41) is 5.90. The van der Waals surface area contributed by atoms with E-state index in [0.717, 1.165) is 32.2 Å². The van der Waals surface area contributed by atoms with Crippen molar-refractivity contribution >= 4 is 11.9 Å². The zero-order valence-electron chi connectivity index (χ0n) is 12.5. The highest BCUT2D eigenvalue weighted by molar-refractivity contribution is 5.78. The van der Waals surface area contributed by atoms with Crippen LogP contribution in [0.1, 0.15) is 58.3 Å². The largest absolute Gasteiger partial charge is 0.353 e. The van der Waals surface area contributed by atoms with Crippen LogP contribution in [-0.4, -0.2) is 42.0 Å². The van der Waals surface area contributed by atoms with Crippen LogP contribution in [0.25, 0.3) is 0 Å². The normalized spacial score (nSPS) is 23.6. The number of likely N-dealkylation sites (tertiary alicyclic amines) is 1. The summed E-state index contributed by atoms with van der Waals surface area (Å²) >= 11 is 0. The van der Waals surface area contributed by atoms with Crippen LogP contribution in [0, 0.1) is 0 Å². The number of carbonyl (C=O) groups excluding carboxylic acids is 2. The molecule has 3 amide bonds. The lowest BCUT2D eigenvalue weighted by atomic mass is 10.0. The van der Waals surface area contributed by atoms with E-state index in [4.69, 9.17) is 0 Å². The van der Waals surface area contributed by atoms with E-state index in [2.05, 4.69) is 17.6 Å². The van der Waals surface area contributed by atoms with Crippen LogP contribution in [0.5, 0.6) is 0 Å². The van der Waals surface area contributed by atoms with E-state index in [1.807, 2.05) is 4.90 Å². The molecule has 1 saturated heterocycles. The lowest BCUT2D eigenvalue weighted by Gasteiger charge is -2.33. The van der Waals surface area contributed by atoms with Crippen molar-refractivity contribution in [1.82, 2.24) is 15.5 Å². The van der Waals surface area contributed by atoms with Gasteiger partial charge in [0.25, 0.3) is 0 Å². The molecule has 0 radical (unpaired) electrons. The zero-order valence-corrected chi connectivity index (χ0v) is 12.5. The molecule has 0 aromatic heterocycles. The van der Waals surface area contributed by atoms with E-state index in [-0.39, 0.29) is 11.9 Å². The van der Waals surface area contributed by atoms with E-state index in [1.54, 1.807) is 0 Å². The topological polar surface area (TPSA) is 61.4 Å². The number of rotatable bonds is 4. The molecule has 2 N–H and O–H groups in total. The number of nitrogens with one attached hydrogen (secondary N) is 2. The number of piperidine rings is 1. The SMILES string of the molecule is CC1CCCCN1C(=O)NCCC(=O)NC1CCCC1. The summed E-state index contributed by atoms with van der Waals surface area (Å²) in [6, 6.07) is 0.655. The Morgan fingerprint density at radius 1 is 1.10 bits per heavy atom. The van der Waals surface area contributed by atoms with E-state index in [0.29, 0.717) is 25.0 Å². The van der Waals surface area contributed by atoms with E-state index >= 15 is 0 Å². The highest BCUT2D eigenvalue weighted by atomic mass is 16.2. The van der Waals surface area contributed by atoms with Gasteiger partial charge in [0, 0.05) is 31.6 Å². The molecule has 2 rings (SSSR count). The van der Waals surface area contributed by atoms with E-state index in [1.165, 1.54) is 19.3 Å². The van der Waals surface area contributed by atoms with Crippen LogP contribution in [0.15, 0.2) is 0 Å². The molecule has 1 saturated carbocycles. The molecule has 5 heteroatoms. The van der Waals surface area contributed by atoms with Gasteiger partial charge in [0.2, 0.25) is 5.91 Å². The summed E-state index contributed by atoms with van der Waals surface area (Å²) in [4.78, 5) is 25.7. The Bertz CT molecular complexity index is 340. The first kappa shape index (κ1) is 15.1. The van der Waals surface area contributed by atoms with Crippen molar-refractivity contribution in [2.75, 3.05) is 13.1 Å². The number of amides is 3. The minimum atomic E-state index is -0.0223. The highest BCUT2D eigenvalue weighted by Gasteiger charge is 2.23. The van der Waals surface area contributed by atoms with Gasteiger partial charge in [0.05, 0.1) is 0 Å². The van der Waals surface area contributed by atoms with Gasteiger partial charge in [-0.3, -0.25) is 4.79 Å². The molecule has 114 valence electrons. The molecule has 1 atom stereocenters. The predicted molar refractivity (Wildman–Crippen MR) is 78.4 cm³/mol. The average Bonchev–Trinajstić information content (AvgIpc) is 2.92.